The fourth-order valence-electron chi connectivity index (χ4n) is 1.41. The molecule has 0 aliphatic carbocycles. The van der Waals surface area contributed by atoms with Crippen molar-refractivity contribution in [1.82, 2.24) is 4.72 Å². The summed E-state index contributed by atoms with van der Waals surface area (Å²) in [6.07, 6.45) is -0.673. The number of amides is 1. The molecule has 0 atom stereocenters. The van der Waals surface area contributed by atoms with E-state index in [1.54, 1.807) is 45.0 Å². The van der Waals surface area contributed by atoms with Crippen LogP contribution in [0.1, 0.15) is 26.3 Å². The molecule has 0 aliphatic heterocycles. The highest BCUT2D eigenvalue weighted by Gasteiger charge is 2.21. The molecule has 0 aliphatic rings. The molecular weight excluding hydrogens is 280 g/mol. The molecule has 0 saturated heterocycles. The van der Waals surface area contributed by atoms with E-state index >= 15 is 0 Å². The molecule has 7 heteroatoms. The first-order chi connectivity index (χ1) is 9.07. The SMILES string of the molecule is CC(C)(C)OC(=O)NS(=O)(=O)CCc1ccc(N)cc1. The van der Waals surface area contributed by atoms with E-state index in [1.807, 2.05) is 4.72 Å². The summed E-state index contributed by atoms with van der Waals surface area (Å²) in [6, 6.07) is 6.89. The van der Waals surface area contributed by atoms with Gasteiger partial charge in [-0.1, -0.05) is 12.1 Å². The molecule has 20 heavy (non-hydrogen) atoms. The van der Waals surface area contributed by atoms with Gasteiger partial charge in [0.1, 0.15) is 5.60 Å². The van der Waals surface area contributed by atoms with Crippen LogP contribution in [0.3, 0.4) is 0 Å². The number of benzene rings is 1. The van der Waals surface area contributed by atoms with Crippen LogP contribution in [-0.4, -0.2) is 25.9 Å². The molecule has 0 heterocycles. The van der Waals surface area contributed by atoms with Crippen LogP contribution < -0.4 is 10.5 Å². The molecule has 6 nitrogen and oxygen atoms in total. The van der Waals surface area contributed by atoms with E-state index in [4.69, 9.17) is 10.5 Å². The van der Waals surface area contributed by atoms with Gasteiger partial charge in [-0.15, -0.1) is 0 Å². The van der Waals surface area contributed by atoms with Gasteiger partial charge in [-0.2, -0.15) is 0 Å². The molecular formula is C13H20N2O4S. The van der Waals surface area contributed by atoms with E-state index < -0.39 is 21.7 Å². The van der Waals surface area contributed by atoms with Crippen molar-refractivity contribution >= 4 is 21.8 Å². The van der Waals surface area contributed by atoms with Crippen molar-refractivity contribution in [2.45, 2.75) is 32.8 Å². The first-order valence-electron chi connectivity index (χ1n) is 6.15. The van der Waals surface area contributed by atoms with Gasteiger partial charge in [0, 0.05) is 5.69 Å². The first kappa shape index (κ1) is 16.3. The lowest BCUT2D eigenvalue weighted by atomic mass is 10.2. The molecule has 3 N–H and O–H groups in total. The minimum absolute atomic E-state index is 0.198. The molecule has 1 aromatic carbocycles. The number of ether oxygens (including phenoxy) is 1. The third kappa shape index (κ3) is 6.42. The summed E-state index contributed by atoms with van der Waals surface area (Å²) in [5.41, 5.74) is 6.24. The predicted molar refractivity (Wildman–Crippen MR) is 77.7 cm³/mol. The Morgan fingerprint density at radius 3 is 2.30 bits per heavy atom. The molecule has 0 unspecified atom stereocenters. The monoisotopic (exact) mass is 300 g/mol. The minimum Gasteiger partial charge on any atom is -0.443 e. The lowest BCUT2D eigenvalue weighted by molar-refractivity contribution is 0.0570. The number of anilines is 1. The van der Waals surface area contributed by atoms with Crippen LogP contribution in [-0.2, 0) is 21.2 Å². The highest BCUT2D eigenvalue weighted by Crippen LogP contribution is 2.09. The van der Waals surface area contributed by atoms with Gasteiger partial charge in [-0.25, -0.2) is 17.9 Å². The summed E-state index contributed by atoms with van der Waals surface area (Å²) in [7, 11) is -3.72. The fraction of sp³-hybridized carbons (Fsp3) is 0.462. The third-order valence-corrected chi connectivity index (χ3v) is 3.50. The molecule has 0 saturated carbocycles. The van der Waals surface area contributed by atoms with Crippen molar-refractivity contribution in [3.05, 3.63) is 29.8 Å². The molecule has 0 radical (unpaired) electrons. The Morgan fingerprint density at radius 2 is 1.80 bits per heavy atom. The van der Waals surface area contributed by atoms with Crippen molar-refractivity contribution in [3.63, 3.8) is 0 Å². The zero-order valence-electron chi connectivity index (χ0n) is 11.8. The number of hydrogen-bond acceptors (Lipinski definition) is 5. The van der Waals surface area contributed by atoms with E-state index in [9.17, 15) is 13.2 Å². The second kappa shape index (κ2) is 6.13. The van der Waals surface area contributed by atoms with Crippen molar-refractivity contribution in [2.24, 2.45) is 0 Å². The zero-order chi connectivity index (χ0) is 15.4. The highest BCUT2D eigenvalue weighted by molar-refractivity contribution is 7.90. The number of rotatable bonds is 4. The Morgan fingerprint density at radius 1 is 1.25 bits per heavy atom. The van der Waals surface area contributed by atoms with E-state index in [0.717, 1.165) is 5.56 Å². The van der Waals surface area contributed by atoms with E-state index in [-0.39, 0.29) is 5.75 Å². The Kier molecular flexibility index (Phi) is 4.99. The zero-order valence-corrected chi connectivity index (χ0v) is 12.7. The highest BCUT2D eigenvalue weighted by atomic mass is 32.2. The normalized spacial score (nSPS) is 11.9. The molecule has 1 rings (SSSR count). The molecule has 1 amide bonds. The third-order valence-electron chi connectivity index (χ3n) is 2.28. The van der Waals surface area contributed by atoms with Crippen LogP contribution in [0.2, 0.25) is 0 Å². The van der Waals surface area contributed by atoms with Gasteiger partial charge >= 0.3 is 6.09 Å². The number of nitrogens with one attached hydrogen (secondary N) is 1. The van der Waals surface area contributed by atoms with Gasteiger partial charge < -0.3 is 10.5 Å². The van der Waals surface area contributed by atoms with Crippen molar-refractivity contribution in [3.8, 4) is 0 Å². The number of nitrogen functional groups attached to an aromatic ring is 1. The lowest BCUT2D eigenvalue weighted by Gasteiger charge is -2.19. The van der Waals surface area contributed by atoms with Crippen LogP contribution in [0, 0.1) is 0 Å². The van der Waals surface area contributed by atoms with Gasteiger partial charge in [0.25, 0.3) is 0 Å². The summed E-state index contributed by atoms with van der Waals surface area (Å²) >= 11 is 0. The van der Waals surface area contributed by atoms with E-state index in [0.29, 0.717) is 12.1 Å². The molecule has 1 aromatic rings. The first-order valence-corrected chi connectivity index (χ1v) is 7.80. The van der Waals surface area contributed by atoms with Crippen LogP contribution >= 0.6 is 0 Å². The number of carbonyl (C=O) groups excluding carboxylic acids is 1. The number of aryl methyl sites for hydroxylation is 1. The van der Waals surface area contributed by atoms with Crippen LogP contribution in [0.5, 0.6) is 0 Å². The summed E-state index contributed by atoms with van der Waals surface area (Å²) in [5.74, 6) is -0.198. The summed E-state index contributed by atoms with van der Waals surface area (Å²) in [5, 5.41) is 0. The van der Waals surface area contributed by atoms with Gasteiger partial charge in [0.15, 0.2) is 0 Å². The van der Waals surface area contributed by atoms with Gasteiger partial charge in [-0.05, 0) is 44.9 Å². The average molecular weight is 300 g/mol. The second-order valence-electron chi connectivity index (χ2n) is 5.41. The maximum Gasteiger partial charge on any atom is 0.421 e. The maximum absolute atomic E-state index is 11.7. The van der Waals surface area contributed by atoms with Crippen LogP contribution in [0.15, 0.2) is 24.3 Å². The van der Waals surface area contributed by atoms with Crippen molar-refractivity contribution in [1.29, 1.82) is 0 Å². The smallest absolute Gasteiger partial charge is 0.421 e. The van der Waals surface area contributed by atoms with Gasteiger partial charge in [0.2, 0.25) is 10.0 Å². The molecule has 0 spiro atoms. The largest absolute Gasteiger partial charge is 0.443 e. The van der Waals surface area contributed by atoms with Crippen molar-refractivity contribution in [2.75, 3.05) is 11.5 Å². The maximum atomic E-state index is 11.7. The number of nitrogens with two attached hydrogens (primary N) is 1. The standard InChI is InChI=1S/C13H20N2O4S/c1-13(2,3)19-12(16)15-20(17,18)9-8-10-4-6-11(14)7-5-10/h4-7H,8-9,14H2,1-3H3,(H,15,16). The molecule has 0 fully saturated rings. The minimum atomic E-state index is -3.72. The topological polar surface area (TPSA) is 98.5 Å². The Bertz CT molecular complexity index is 559. The average Bonchev–Trinajstić information content (AvgIpc) is 2.24. The summed E-state index contributed by atoms with van der Waals surface area (Å²) in [6.45, 7) is 4.98. The molecule has 0 bridgehead atoms. The van der Waals surface area contributed by atoms with Crippen LogP contribution in [0.25, 0.3) is 0 Å². The van der Waals surface area contributed by atoms with Crippen LogP contribution in [0.4, 0.5) is 10.5 Å². The number of hydrogen-bond donors (Lipinski definition) is 2. The number of carbonyl (C=O) groups is 1. The Hall–Kier alpha value is -1.76. The fourth-order valence-corrected chi connectivity index (χ4v) is 2.32. The van der Waals surface area contributed by atoms with Gasteiger partial charge in [-0.3, -0.25) is 0 Å². The second-order valence-corrected chi connectivity index (χ2v) is 7.26. The lowest BCUT2D eigenvalue weighted by Crippen LogP contribution is -2.37. The Balaban J connectivity index is 2.53. The van der Waals surface area contributed by atoms with E-state index in [1.165, 1.54) is 0 Å². The van der Waals surface area contributed by atoms with Gasteiger partial charge in [0.05, 0.1) is 5.75 Å². The van der Waals surface area contributed by atoms with Crippen molar-refractivity contribution < 1.29 is 17.9 Å². The molecule has 112 valence electrons. The Labute approximate surface area is 119 Å². The quantitative estimate of drug-likeness (QED) is 0.824. The summed E-state index contributed by atoms with van der Waals surface area (Å²) < 4.78 is 30.2. The number of sulfonamides is 1. The van der Waals surface area contributed by atoms with E-state index in [2.05, 4.69) is 0 Å². The molecule has 0 aromatic heterocycles. The predicted octanol–water partition coefficient (Wildman–Crippen LogP) is 1.67. The summed E-state index contributed by atoms with van der Waals surface area (Å²) in [4.78, 5) is 11.4.